The molecule has 0 amide bonds. The predicted molar refractivity (Wildman–Crippen MR) is 99.0 cm³/mol. The SMILES string of the molecule is Cc1cccc(Oc2c(/C=N/OCc3cnc(Cl)s3)c(C(F)(F)F)nn2C)c1. The number of thiazole rings is 1. The third kappa shape index (κ3) is 4.82. The number of ether oxygens (including phenoxy) is 1. The van der Waals surface area contributed by atoms with E-state index >= 15 is 0 Å². The molecule has 0 spiro atoms. The van der Waals surface area contributed by atoms with Gasteiger partial charge in [-0.2, -0.15) is 18.3 Å². The molecule has 6 nitrogen and oxygen atoms in total. The van der Waals surface area contributed by atoms with Crippen LogP contribution < -0.4 is 4.74 Å². The highest BCUT2D eigenvalue weighted by Crippen LogP contribution is 2.36. The smallest absolute Gasteiger partial charge is 0.435 e. The molecule has 3 aromatic rings. The number of nitrogens with zero attached hydrogens (tertiary/aromatic N) is 4. The highest BCUT2D eigenvalue weighted by atomic mass is 35.5. The second-order valence-electron chi connectivity index (χ2n) is 5.69. The van der Waals surface area contributed by atoms with Crippen molar-refractivity contribution in [2.45, 2.75) is 19.7 Å². The van der Waals surface area contributed by atoms with E-state index in [-0.39, 0.29) is 18.1 Å². The average Bonchev–Trinajstić information content (AvgIpc) is 3.16. The third-order valence-electron chi connectivity index (χ3n) is 3.49. The number of oxime groups is 1. The fraction of sp³-hybridized carbons (Fsp3) is 0.235. The summed E-state index contributed by atoms with van der Waals surface area (Å²) in [4.78, 5) is 9.58. The number of halogens is 4. The zero-order valence-corrected chi connectivity index (χ0v) is 16.3. The minimum atomic E-state index is -4.68. The van der Waals surface area contributed by atoms with Gasteiger partial charge < -0.3 is 9.57 Å². The summed E-state index contributed by atoms with van der Waals surface area (Å²) >= 11 is 6.90. The number of rotatable bonds is 6. The maximum atomic E-state index is 13.4. The van der Waals surface area contributed by atoms with Gasteiger partial charge in [-0.05, 0) is 24.6 Å². The Hall–Kier alpha value is -2.59. The van der Waals surface area contributed by atoms with Crippen molar-refractivity contribution in [3.05, 3.63) is 56.6 Å². The van der Waals surface area contributed by atoms with Crippen molar-refractivity contribution in [2.75, 3.05) is 0 Å². The number of alkyl halides is 3. The molecule has 2 heterocycles. The molecule has 148 valence electrons. The molecule has 0 saturated carbocycles. The van der Waals surface area contributed by atoms with Crippen molar-refractivity contribution in [3.8, 4) is 11.6 Å². The van der Waals surface area contributed by atoms with Crippen LogP contribution in [0.1, 0.15) is 21.7 Å². The molecule has 11 heteroatoms. The number of aryl methyl sites for hydroxylation is 2. The highest BCUT2D eigenvalue weighted by Gasteiger charge is 2.39. The number of benzene rings is 1. The normalized spacial score (nSPS) is 11.9. The molecule has 0 aliphatic rings. The molecule has 0 N–H and O–H groups in total. The van der Waals surface area contributed by atoms with E-state index in [1.54, 1.807) is 18.2 Å². The molecule has 0 saturated heterocycles. The van der Waals surface area contributed by atoms with Gasteiger partial charge in [-0.15, -0.1) is 11.3 Å². The van der Waals surface area contributed by atoms with Gasteiger partial charge in [-0.3, -0.25) is 0 Å². The minimum Gasteiger partial charge on any atom is -0.439 e. The van der Waals surface area contributed by atoms with Gasteiger partial charge >= 0.3 is 6.18 Å². The van der Waals surface area contributed by atoms with E-state index in [2.05, 4.69) is 15.2 Å². The molecule has 0 atom stereocenters. The molecule has 1 aromatic carbocycles. The summed E-state index contributed by atoms with van der Waals surface area (Å²) < 4.78 is 47.1. The standard InChI is InChI=1S/C17H14ClF3N4O2S/c1-10-4-3-5-11(6-10)27-15-13(14(17(19,20)21)24-25(15)2)8-23-26-9-12-7-22-16(18)28-12/h3-8H,9H2,1-2H3/b23-8+. The van der Waals surface area contributed by atoms with Gasteiger partial charge in [0.15, 0.2) is 16.8 Å². The van der Waals surface area contributed by atoms with Crippen LogP contribution in [0.15, 0.2) is 35.6 Å². The number of hydrogen-bond donors (Lipinski definition) is 0. The molecule has 0 aliphatic heterocycles. The maximum Gasteiger partial charge on any atom is 0.435 e. The van der Waals surface area contributed by atoms with Gasteiger partial charge in [-0.1, -0.05) is 28.9 Å². The monoisotopic (exact) mass is 430 g/mol. The molecule has 0 fully saturated rings. The predicted octanol–water partition coefficient (Wildman–Crippen LogP) is 5.20. The summed E-state index contributed by atoms with van der Waals surface area (Å²) in [5.41, 5.74) is -0.554. The van der Waals surface area contributed by atoms with Crippen LogP contribution in [0.5, 0.6) is 11.6 Å². The first-order valence-electron chi connectivity index (χ1n) is 7.88. The molecular formula is C17H14ClF3N4O2S. The van der Waals surface area contributed by atoms with E-state index in [0.717, 1.165) is 16.5 Å². The zero-order valence-electron chi connectivity index (χ0n) is 14.7. The Kier molecular flexibility index (Phi) is 5.90. The Bertz CT molecular complexity index is 1000. The van der Waals surface area contributed by atoms with Gasteiger partial charge in [0.1, 0.15) is 5.75 Å². The van der Waals surface area contributed by atoms with Gasteiger partial charge in [-0.25, -0.2) is 9.67 Å². The summed E-state index contributed by atoms with van der Waals surface area (Å²) in [6.45, 7) is 1.87. The molecule has 0 radical (unpaired) electrons. The molecule has 0 bridgehead atoms. The zero-order chi connectivity index (χ0) is 20.3. The fourth-order valence-corrected chi connectivity index (χ4v) is 3.19. The summed E-state index contributed by atoms with van der Waals surface area (Å²) in [6.07, 6.45) is -2.25. The Morgan fingerprint density at radius 2 is 2.14 bits per heavy atom. The molecular weight excluding hydrogens is 417 g/mol. The first-order chi connectivity index (χ1) is 13.2. The van der Waals surface area contributed by atoms with E-state index < -0.39 is 11.9 Å². The van der Waals surface area contributed by atoms with Crippen molar-refractivity contribution in [1.29, 1.82) is 0 Å². The first-order valence-corrected chi connectivity index (χ1v) is 9.07. The van der Waals surface area contributed by atoms with E-state index in [9.17, 15) is 13.2 Å². The Morgan fingerprint density at radius 1 is 1.36 bits per heavy atom. The van der Waals surface area contributed by atoms with Crippen LogP contribution in [-0.4, -0.2) is 21.0 Å². The van der Waals surface area contributed by atoms with Crippen LogP contribution in [0, 0.1) is 6.92 Å². The maximum absolute atomic E-state index is 13.4. The van der Waals surface area contributed by atoms with E-state index in [4.69, 9.17) is 21.2 Å². The van der Waals surface area contributed by atoms with Crippen molar-refractivity contribution < 1.29 is 22.7 Å². The topological polar surface area (TPSA) is 61.5 Å². The summed E-state index contributed by atoms with van der Waals surface area (Å²) in [6, 6.07) is 6.92. The van der Waals surface area contributed by atoms with Crippen molar-refractivity contribution >= 4 is 29.2 Å². The lowest BCUT2D eigenvalue weighted by atomic mass is 10.2. The lowest BCUT2D eigenvalue weighted by Crippen LogP contribution is -2.09. The fourth-order valence-electron chi connectivity index (χ4n) is 2.30. The van der Waals surface area contributed by atoms with Crippen molar-refractivity contribution in [2.24, 2.45) is 12.2 Å². The van der Waals surface area contributed by atoms with Crippen LogP contribution >= 0.6 is 22.9 Å². The largest absolute Gasteiger partial charge is 0.439 e. The van der Waals surface area contributed by atoms with Gasteiger partial charge in [0.2, 0.25) is 5.88 Å². The van der Waals surface area contributed by atoms with E-state index in [1.165, 1.54) is 24.6 Å². The molecule has 2 aromatic heterocycles. The van der Waals surface area contributed by atoms with Crippen LogP contribution in [0.3, 0.4) is 0 Å². The second kappa shape index (κ2) is 8.19. The third-order valence-corrected chi connectivity index (χ3v) is 4.58. The summed E-state index contributed by atoms with van der Waals surface area (Å²) in [5.74, 6) is 0.276. The van der Waals surface area contributed by atoms with Crippen LogP contribution in [-0.2, 0) is 24.7 Å². The highest BCUT2D eigenvalue weighted by molar-refractivity contribution is 7.15. The molecule has 28 heavy (non-hydrogen) atoms. The molecule has 0 unspecified atom stereocenters. The summed E-state index contributed by atoms with van der Waals surface area (Å²) in [5, 5.41) is 7.17. The Balaban J connectivity index is 1.86. The second-order valence-corrected chi connectivity index (χ2v) is 7.39. The van der Waals surface area contributed by atoms with Gasteiger partial charge in [0, 0.05) is 13.2 Å². The van der Waals surface area contributed by atoms with E-state index in [1.807, 2.05) is 13.0 Å². The first kappa shape index (κ1) is 20.2. The lowest BCUT2D eigenvalue weighted by molar-refractivity contribution is -0.141. The number of aromatic nitrogens is 3. The molecule has 0 aliphatic carbocycles. The van der Waals surface area contributed by atoms with E-state index in [0.29, 0.717) is 15.1 Å². The van der Waals surface area contributed by atoms with Gasteiger partial charge in [0.05, 0.1) is 16.7 Å². The average molecular weight is 431 g/mol. The van der Waals surface area contributed by atoms with Crippen molar-refractivity contribution in [1.82, 2.24) is 14.8 Å². The Labute approximate surface area is 167 Å². The van der Waals surface area contributed by atoms with Crippen LogP contribution in [0.2, 0.25) is 4.47 Å². The number of hydrogen-bond acceptors (Lipinski definition) is 6. The summed E-state index contributed by atoms with van der Waals surface area (Å²) in [7, 11) is 1.36. The van der Waals surface area contributed by atoms with Crippen LogP contribution in [0.25, 0.3) is 0 Å². The van der Waals surface area contributed by atoms with Crippen LogP contribution in [0.4, 0.5) is 13.2 Å². The quantitative estimate of drug-likeness (QED) is 0.398. The lowest BCUT2D eigenvalue weighted by Gasteiger charge is -2.08. The van der Waals surface area contributed by atoms with Gasteiger partial charge in [0.25, 0.3) is 0 Å². The Morgan fingerprint density at radius 3 is 2.79 bits per heavy atom. The minimum absolute atomic E-state index is 0.0244. The van der Waals surface area contributed by atoms with Crippen molar-refractivity contribution in [3.63, 3.8) is 0 Å². The molecule has 3 rings (SSSR count).